The molecule has 1 heteroatoms. The maximum absolute atomic E-state index is 12.4. The quantitative estimate of drug-likeness (QED) is 0.653. The fourth-order valence-corrected chi connectivity index (χ4v) is 1.89. The van der Waals surface area contributed by atoms with Gasteiger partial charge in [0.2, 0.25) is 0 Å². The second-order valence-electron chi connectivity index (χ2n) is 6.69. The molecule has 0 N–H and O–H groups in total. The summed E-state index contributed by atoms with van der Waals surface area (Å²) in [6.45, 7) is 14.6. The Kier molecular flexibility index (Phi) is 3.11. The van der Waals surface area contributed by atoms with Crippen molar-refractivity contribution in [2.45, 2.75) is 59.3 Å². The topological polar surface area (TPSA) is 23.1 Å². The summed E-state index contributed by atoms with van der Waals surface area (Å²) in [5.41, 5.74) is 2.87. The average molecular weight is 219 g/mol. The molecule has 0 fully saturated rings. The van der Waals surface area contributed by atoms with Crippen LogP contribution >= 0.6 is 0 Å². The highest BCUT2D eigenvalue weighted by molar-refractivity contribution is 5.48. The van der Waals surface area contributed by atoms with Gasteiger partial charge in [-0.1, -0.05) is 59.2 Å². The fourth-order valence-electron chi connectivity index (χ4n) is 1.89. The van der Waals surface area contributed by atoms with Crippen LogP contribution in [0.15, 0.2) is 12.1 Å². The van der Waals surface area contributed by atoms with Gasteiger partial charge in [0, 0.05) is 0 Å². The first kappa shape index (κ1) is 13.1. The van der Waals surface area contributed by atoms with Crippen molar-refractivity contribution in [2.24, 2.45) is 0 Å². The molecular weight excluding hydrogens is 196 g/mol. The van der Waals surface area contributed by atoms with Gasteiger partial charge in [-0.15, -0.1) is 5.75 Å². The maximum atomic E-state index is 12.4. The summed E-state index contributed by atoms with van der Waals surface area (Å²) in [7, 11) is 0. The Labute approximate surface area is 99.5 Å². The van der Waals surface area contributed by atoms with Crippen molar-refractivity contribution in [3.63, 3.8) is 0 Å². The van der Waals surface area contributed by atoms with E-state index in [1.54, 1.807) is 0 Å². The summed E-state index contributed by atoms with van der Waals surface area (Å²) in [5, 5.41) is 12.4. The summed E-state index contributed by atoms with van der Waals surface area (Å²) in [6.07, 6.45) is 0. The maximum Gasteiger partial charge on any atom is -0.0138 e. The van der Waals surface area contributed by atoms with Crippen LogP contribution in [-0.4, -0.2) is 0 Å². The Morgan fingerprint density at radius 1 is 0.812 bits per heavy atom. The smallest absolute Gasteiger partial charge is 0.0138 e. The van der Waals surface area contributed by atoms with E-state index in [9.17, 15) is 5.11 Å². The molecule has 0 aliphatic heterocycles. The van der Waals surface area contributed by atoms with Crippen LogP contribution in [0, 0.1) is 6.92 Å². The van der Waals surface area contributed by atoms with E-state index in [0.29, 0.717) is 0 Å². The second-order valence-corrected chi connectivity index (χ2v) is 6.69. The van der Waals surface area contributed by atoms with Crippen molar-refractivity contribution in [2.75, 3.05) is 0 Å². The summed E-state index contributed by atoms with van der Waals surface area (Å²) in [5.74, 6) is 0.214. The van der Waals surface area contributed by atoms with Gasteiger partial charge in [-0.2, -0.15) is 0 Å². The van der Waals surface area contributed by atoms with Gasteiger partial charge in [0.15, 0.2) is 0 Å². The average Bonchev–Trinajstić information content (AvgIpc) is 2.04. The number of rotatable bonds is 0. The van der Waals surface area contributed by atoms with Gasteiger partial charge in [-0.25, -0.2) is 0 Å². The van der Waals surface area contributed by atoms with Gasteiger partial charge in [0.1, 0.15) is 0 Å². The molecule has 0 radical (unpaired) electrons. The highest BCUT2D eigenvalue weighted by Gasteiger charge is 2.21. The fraction of sp³-hybridized carbons (Fsp3) is 0.600. The van der Waals surface area contributed by atoms with Crippen molar-refractivity contribution < 1.29 is 5.11 Å². The Morgan fingerprint density at radius 2 is 1.12 bits per heavy atom. The first-order chi connectivity index (χ1) is 7.03. The normalized spacial score (nSPS) is 12.9. The molecule has 90 valence electrons. The lowest BCUT2D eigenvalue weighted by atomic mass is 9.78. The molecule has 0 saturated carbocycles. The van der Waals surface area contributed by atoms with E-state index in [2.05, 4.69) is 48.5 Å². The van der Waals surface area contributed by atoms with E-state index in [-0.39, 0.29) is 16.6 Å². The predicted molar refractivity (Wildman–Crippen MR) is 68.0 cm³/mol. The third kappa shape index (κ3) is 2.58. The minimum Gasteiger partial charge on any atom is -0.872 e. The Balaban J connectivity index is 3.51. The summed E-state index contributed by atoms with van der Waals surface area (Å²) in [6, 6.07) is 4.05. The van der Waals surface area contributed by atoms with Crippen LogP contribution in [0.4, 0.5) is 0 Å². The van der Waals surface area contributed by atoms with Crippen molar-refractivity contribution in [3.05, 3.63) is 28.8 Å². The van der Waals surface area contributed by atoms with Gasteiger partial charge < -0.3 is 5.11 Å². The minimum atomic E-state index is -0.0803. The van der Waals surface area contributed by atoms with Gasteiger partial charge in [-0.05, 0) is 28.9 Å². The standard InChI is InChI=1S/C15H24O/c1-10-8-11(14(2,3)4)13(16)12(9-10)15(5,6)7/h8-9,16H,1-7H3/p-1. The zero-order valence-electron chi connectivity index (χ0n) is 11.6. The molecule has 0 atom stereocenters. The van der Waals surface area contributed by atoms with E-state index in [1.165, 1.54) is 5.56 Å². The van der Waals surface area contributed by atoms with Crippen LogP contribution < -0.4 is 5.11 Å². The number of hydrogen-bond acceptors (Lipinski definition) is 1. The zero-order valence-corrected chi connectivity index (χ0v) is 11.6. The number of benzene rings is 1. The molecule has 1 nitrogen and oxygen atoms in total. The molecule has 0 aliphatic carbocycles. The van der Waals surface area contributed by atoms with Crippen molar-refractivity contribution in [3.8, 4) is 5.75 Å². The van der Waals surface area contributed by atoms with Crippen LogP contribution in [0.5, 0.6) is 5.75 Å². The molecule has 0 unspecified atom stereocenters. The largest absolute Gasteiger partial charge is 0.872 e. The van der Waals surface area contributed by atoms with Gasteiger partial charge >= 0.3 is 0 Å². The predicted octanol–water partition coefficient (Wildman–Crippen LogP) is 3.66. The lowest BCUT2D eigenvalue weighted by Crippen LogP contribution is -2.21. The van der Waals surface area contributed by atoms with Gasteiger partial charge in [0.25, 0.3) is 0 Å². The first-order valence-corrected chi connectivity index (χ1v) is 5.86. The Hall–Kier alpha value is -0.980. The van der Waals surface area contributed by atoms with Gasteiger partial charge in [-0.3, -0.25) is 0 Å². The molecule has 1 aromatic rings. The molecule has 1 aromatic carbocycles. The molecule has 0 spiro atoms. The molecular formula is C15H23O-. The summed E-state index contributed by atoms with van der Waals surface area (Å²) < 4.78 is 0. The summed E-state index contributed by atoms with van der Waals surface area (Å²) in [4.78, 5) is 0. The lowest BCUT2D eigenvalue weighted by Gasteiger charge is -2.33. The lowest BCUT2D eigenvalue weighted by molar-refractivity contribution is -0.271. The van der Waals surface area contributed by atoms with Crippen LogP contribution in [0.1, 0.15) is 58.2 Å². The van der Waals surface area contributed by atoms with Gasteiger partial charge in [0.05, 0.1) is 0 Å². The number of aryl methyl sites for hydroxylation is 1. The minimum absolute atomic E-state index is 0.0803. The molecule has 16 heavy (non-hydrogen) atoms. The van der Waals surface area contributed by atoms with Crippen LogP contribution in [0.25, 0.3) is 0 Å². The molecule has 0 aliphatic rings. The van der Waals surface area contributed by atoms with Crippen molar-refractivity contribution in [1.82, 2.24) is 0 Å². The van der Waals surface area contributed by atoms with Crippen LogP contribution in [-0.2, 0) is 10.8 Å². The van der Waals surface area contributed by atoms with E-state index in [4.69, 9.17) is 0 Å². The van der Waals surface area contributed by atoms with Crippen molar-refractivity contribution >= 4 is 0 Å². The van der Waals surface area contributed by atoms with E-state index < -0.39 is 0 Å². The molecule has 0 bridgehead atoms. The SMILES string of the molecule is Cc1cc(C(C)(C)C)c([O-])c(C(C)(C)C)c1. The van der Waals surface area contributed by atoms with E-state index in [1.807, 2.05) is 12.1 Å². The number of hydrogen-bond donors (Lipinski definition) is 0. The first-order valence-electron chi connectivity index (χ1n) is 5.86. The Bertz CT molecular complexity index is 354. The molecule has 0 aromatic heterocycles. The molecule has 0 heterocycles. The monoisotopic (exact) mass is 219 g/mol. The third-order valence-electron chi connectivity index (χ3n) is 2.85. The highest BCUT2D eigenvalue weighted by atomic mass is 16.3. The van der Waals surface area contributed by atoms with E-state index in [0.717, 1.165) is 11.1 Å². The highest BCUT2D eigenvalue weighted by Crippen LogP contribution is 2.37. The van der Waals surface area contributed by atoms with Crippen LogP contribution in [0.3, 0.4) is 0 Å². The van der Waals surface area contributed by atoms with Crippen LogP contribution in [0.2, 0.25) is 0 Å². The molecule has 0 amide bonds. The molecule has 0 saturated heterocycles. The zero-order chi connectivity index (χ0) is 12.7. The second kappa shape index (κ2) is 3.80. The summed E-state index contributed by atoms with van der Waals surface area (Å²) >= 11 is 0. The molecule has 1 rings (SSSR count). The van der Waals surface area contributed by atoms with Crippen molar-refractivity contribution in [1.29, 1.82) is 0 Å². The third-order valence-corrected chi connectivity index (χ3v) is 2.85. The Morgan fingerprint density at radius 3 is 1.38 bits per heavy atom. The van der Waals surface area contributed by atoms with E-state index >= 15 is 0 Å².